The molecule has 7 nitrogen and oxygen atoms in total. The van der Waals surface area contributed by atoms with Crippen LogP contribution in [0.25, 0.3) is 0 Å². The van der Waals surface area contributed by atoms with Crippen molar-refractivity contribution in [3.05, 3.63) is 29.3 Å². The molecule has 140 valence electrons. The fourth-order valence-electron chi connectivity index (χ4n) is 2.40. The maximum Gasteiger partial charge on any atom is 0.435 e. The number of halogens is 3. The molecule has 0 aromatic carbocycles. The van der Waals surface area contributed by atoms with Crippen LogP contribution in [0.2, 0.25) is 0 Å². The van der Waals surface area contributed by atoms with E-state index in [1.165, 1.54) is 17.8 Å². The number of sulfonamides is 1. The van der Waals surface area contributed by atoms with Crippen LogP contribution in [-0.4, -0.2) is 34.5 Å². The number of nitrogens with zero attached hydrogens (tertiary/aromatic N) is 4. The molecular formula is C14H20F3N5O2S. The zero-order valence-electron chi connectivity index (χ0n) is 14.1. The molecule has 2 heterocycles. The highest BCUT2D eigenvalue weighted by molar-refractivity contribution is 7.89. The predicted octanol–water partition coefficient (Wildman–Crippen LogP) is 2.10. The smallest absolute Gasteiger partial charge is 0.269 e. The van der Waals surface area contributed by atoms with Gasteiger partial charge in [-0.05, 0) is 33.3 Å². The van der Waals surface area contributed by atoms with E-state index >= 15 is 0 Å². The second-order valence-corrected chi connectivity index (χ2v) is 7.29. The van der Waals surface area contributed by atoms with Crippen LogP contribution < -0.4 is 4.72 Å². The fourth-order valence-corrected chi connectivity index (χ4v) is 3.65. The van der Waals surface area contributed by atoms with Crippen LogP contribution in [-0.2, 0) is 29.3 Å². The van der Waals surface area contributed by atoms with Crippen molar-refractivity contribution in [3.8, 4) is 0 Å². The molecule has 25 heavy (non-hydrogen) atoms. The van der Waals surface area contributed by atoms with Gasteiger partial charge in [-0.2, -0.15) is 23.4 Å². The summed E-state index contributed by atoms with van der Waals surface area (Å²) in [4.78, 5) is 0.101. The quantitative estimate of drug-likeness (QED) is 0.747. The van der Waals surface area contributed by atoms with Gasteiger partial charge in [0.1, 0.15) is 4.90 Å². The van der Waals surface area contributed by atoms with Crippen molar-refractivity contribution in [1.82, 2.24) is 24.3 Å². The molecule has 0 radical (unpaired) electrons. The molecule has 2 rings (SSSR count). The first-order valence-electron chi connectivity index (χ1n) is 7.70. The van der Waals surface area contributed by atoms with E-state index in [4.69, 9.17) is 0 Å². The third-order valence-corrected chi connectivity index (χ3v) is 5.32. The Morgan fingerprint density at radius 1 is 1.24 bits per heavy atom. The first-order chi connectivity index (χ1) is 11.6. The van der Waals surface area contributed by atoms with Crippen molar-refractivity contribution in [2.24, 2.45) is 0 Å². The van der Waals surface area contributed by atoms with Gasteiger partial charge in [-0.3, -0.25) is 9.36 Å². The summed E-state index contributed by atoms with van der Waals surface area (Å²) < 4.78 is 67.6. The molecule has 0 aliphatic carbocycles. The Morgan fingerprint density at radius 3 is 2.44 bits per heavy atom. The van der Waals surface area contributed by atoms with E-state index in [-0.39, 0.29) is 18.0 Å². The first-order valence-corrected chi connectivity index (χ1v) is 9.18. The minimum Gasteiger partial charge on any atom is -0.269 e. The van der Waals surface area contributed by atoms with Crippen LogP contribution in [0.4, 0.5) is 13.2 Å². The van der Waals surface area contributed by atoms with Crippen molar-refractivity contribution in [2.45, 2.75) is 51.4 Å². The van der Waals surface area contributed by atoms with Crippen LogP contribution >= 0.6 is 0 Å². The van der Waals surface area contributed by atoms with Crippen LogP contribution in [0.15, 0.2) is 17.2 Å². The highest BCUT2D eigenvalue weighted by Gasteiger charge is 2.34. The molecule has 0 bridgehead atoms. The van der Waals surface area contributed by atoms with Gasteiger partial charge in [0, 0.05) is 25.3 Å². The maximum atomic E-state index is 12.6. The molecule has 0 aliphatic heterocycles. The lowest BCUT2D eigenvalue weighted by Gasteiger charge is -2.08. The Kier molecular flexibility index (Phi) is 5.57. The summed E-state index contributed by atoms with van der Waals surface area (Å²) in [5.74, 6) is 0. The number of hydrogen-bond donors (Lipinski definition) is 1. The van der Waals surface area contributed by atoms with E-state index in [1.807, 2.05) is 6.92 Å². The molecule has 0 saturated carbocycles. The second kappa shape index (κ2) is 7.16. The summed E-state index contributed by atoms with van der Waals surface area (Å²) in [5, 5.41) is 7.49. The van der Waals surface area contributed by atoms with E-state index in [2.05, 4.69) is 14.9 Å². The molecule has 2 aromatic heterocycles. The second-order valence-electron chi connectivity index (χ2n) is 5.55. The summed E-state index contributed by atoms with van der Waals surface area (Å²) in [6.45, 7) is 5.86. The summed E-state index contributed by atoms with van der Waals surface area (Å²) in [6.07, 6.45) is -2.90. The molecular weight excluding hydrogens is 359 g/mol. The standard InChI is InChI=1S/C14H20F3N5O2S/c1-4-21-11(3)12(9-18-21)25(23,24)19-6-5-7-22-10(2)8-13(20-22)14(15,16)17/h8-9,19H,4-7H2,1-3H3. The summed E-state index contributed by atoms with van der Waals surface area (Å²) in [6, 6.07) is 0.965. The number of aryl methyl sites for hydroxylation is 3. The van der Waals surface area contributed by atoms with Gasteiger partial charge in [0.25, 0.3) is 0 Å². The zero-order valence-corrected chi connectivity index (χ0v) is 14.9. The zero-order chi connectivity index (χ0) is 18.8. The van der Waals surface area contributed by atoms with Crippen molar-refractivity contribution < 1.29 is 21.6 Å². The van der Waals surface area contributed by atoms with E-state index in [9.17, 15) is 21.6 Å². The lowest BCUT2D eigenvalue weighted by atomic mass is 10.3. The summed E-state index contributed by atoms with van der Waals surface area (Å²) in [5.41, 5.74) is -0.0452. The number of nitrogens with one attached hydrogen (secondary N) is 1. The highest BCUT2D eigenvalue weighted by atomic mass is 32.2. The van der Waals surface area contributed by atoms with Gasteiger partial charge in [-0.15, -0.1) is 0 Å². The largest absolute Gasteiger partial charge is 0.435 e. The lowest BCUT2D eigenvalue weighted by Crippen LogP contribution is -2.26. The SMILES string of the molecule is CCn1ncc(S(=O)(=O)NCCCn2nc(C(F)(F)F)cc2C)c1C. The van der Waals surface area contributed by atoms with Crippen LogP contribution in [0.3, 0.4) is 0 Å². The topological polar surface area (TPSA) is 81.8 Å². The Balaban J connectivity index is 1.95. The van der Waals surface area contributed by atoms with Gasteiger partial charge in [-0.1, -0.05) is 0 Å². The minimum atomic E-state index is -4.49. The van der Waals surface area contributed by atoms with Crippen LogP contribution in [0.1, 0.15) is 30.4 Å². The molecule has 1 N–H and O–H groups in total. The molecule has 0 unspecified atom stereocenters. The maximum absolute atomic E-state index is 12.6. The first kappa shape index (κ1) is 19.4. The Labute approximate surface area is 143 Å². The van der Waals surface area contributed by atoms with Crippen molar-refractivity contribution in [2.75, 3.05) is 6.54 Å². The van der Waals surface area contributed by atoms with Crippen molar-refractivity contribution in [1.29, 1.82) is 0 Å². The minimum absolute atomic E-state index is 0.0831. The van der Waals surface area contributed by atoms with E-state index < -0.39 is 21.9 Å². The van der Waals surface area contributed by atoms with Crippen molar-refractivity contribution in [3.63, 3.8) is 0 Å². The monoisotopic (exact) mass is 379 g/mol. The summed E-state index contributed by atoms with van der Waals surface area (Å²) >= 11 is 0. The Hall–Kier alpha value is -1.88. The molecule has 0 atom stereocenters. The van der Waals surface area contributed by atoms with Gasteiger partial charge >= 0.3 is 6.18 Å². The predicted molar refractivity (Wildman–Crippen MR) is 84.4 cm³/mol. The average molecular weight is 379 g/mol. The number of hydrogen-bond acceptors (Lipinski definition) is 4. The van der Waals surface area contributed by atoms with Gasteiger partial charge in [-0.25, -0.2) is 13.1 Å². The van der Waals surface area contributed by atoms with E-state index in [0.717, 1.165) is 6.07 Å². The number of rotatable bonds is 7. The van der Waals surface area contributed by atoms with E-state index in [0.29, 0.717) is 24.4 Å². The number of alkyl halides is 3. The Bertz CT molecular complexity index is 839. The third kappa shape index (κ3) is 4.40. The lowest BCUT2D eigenvalue weighted by molar-refractivity contribution is -0.141. The Morgan fingerprint density at radius 2 is 1.92 bits per heavy atom. The van der Waals surface area contributed by atoms with Gasteiger partial charge in [0.05, 0.1) is 11.9 Å². The molecule has 0 saturated heterocycles. The fraction of sp³-hybridized carbons (Fsp3) is 0.571. The molecule has 0 spiro atoms. The van der Waals surface area contributed by atoms with Crippen LogP contribution in [0, 0.1) is 13.8 Å². The molecule has 0 amide bonds. The normalized spacial score (nSPS) is 12.7. The van der Waals surface area contributed by atoms with Crippen molar-refractivity contribution >= 4 is 10.0 Å². The third-order valence-electron chi connectivity index (χ3n) is 3.76. The highest BCUT2D eigenvalue weighted by Crippen LogP contribution is 2.28. The number of aromatic nitrogens is 4. The molecule has 0 aliphatic rings. The molecule has 0 fully saturated rings. The molecule has 2 aromatic rings. The van der Waals surface area contributed by atoms with Gasteiger partial charge in [0.15, 0.2) is 5.69 Å². The van der Waals surface area contributed by atoms with E-state index in [1.54, 1.807) is 11.6 Å². The molecule has 11 heteroatoms. The summed E-state index contributed by atoms with van der Waals surface area (Å²) in [7, 11) is -3.71. The van der Waals surface area contributed by atoms with Gasteiger partial charge < -0.3 is 0 Å². The van der Waals surface area contributed by atoms with Crippen LogP contribution in [0.5, 0.6) is 0 Å². The van der Waals surface area contributed by atoms with Gasteiger partial charge in [0.2, 0.25) is 10.0 Å². The average Bonchev–Trinajstić information content (AvgIpc) is 3.06.